The molecule has 0 aromatic carbocycles. The van der Waals surface area contributed by atoms with E-state index < -0.39 is 0 Å². The van der Waals surface area contributed by atoms with Crippen LogP contribution in [0.4, 0.5) is 0 Å². The van der Waals surface area contributed by atoms with Crippen LogP contribution in [0, 0.1) is 5.92 Å². The highest BCUT2D eigenvalue weighted by atomic mass is 35.5. The number of hydrogen-bond donors (Lipinski definition) is 1. The molecule has 2 atom stereocenters. The second-order valence-corrected chi connectivity index (χ2v) is 2.53. The molecule has 0 aromatic rings. The minimum Gasteiger partial charge on any atom is -0.377 e. The molecule has 0 aliphatic carbocycles. The molecule has 1 heterocycles. The fraction of sp³-hybridized carbons (Fsp3) is 1.00. The molecule has 56 valence electrons. The van der Waals surface area contributed by atoms with Crippen LogP contribution in [0.2, 0.25) is 0 Å². The van der Waals surface area contributed by atoms with Crippen LogP contribution in [0.3, 0.4) is 0 Å². The van der Waals surface area contributed by atoms with E-state index in [1.54, 1.807) is 0 Å². The average Bonchev–Trinajstić information content (AvgIpc) is 2.14. The summed E-state index contributed by atoms with van der Waals surface area (Å²) in [5.41, 5.74) is 5.37. The highest BCUT2D eigenvalue weighted by Gasteiger charge is 2.19. The highest BCUT2D eigenvalue weighted by molar-refractivity contribution is 5.85. The lowest BCUT2D eigenvalue weighted by Gasteiger charge is -2.01. The summed E-state index contributed by atoms with van der Waals surface area (Å²) in [7, 11) is 0. The molecule has 2 nitrogen and oxygen atoms in total. The Morgan fingerprint density at radius 2 is 2.33 bits per heavy atom. The first kappa shape index (κ1) is 9.21. The molecule has 2 unspecified atom stereocenters. The maximum atomic E-state index is 5.37. The molecule has 1 aliphatic rings. The van der Waals surface area contributed by atoms with Gasteiger partial charge in [-0.05, 0) is 12.3 Å². The van der Waals surface area contributed by atoms with E-state index in [1.807, 2.05) is 0 Å². The third-order valence-electron chi connectivity index (χ3n) is 1.54. The Kier molecular flexibility index (Phi) is 4.19. The predicted molar refractivity (Wildman–Crippen MR) is 39.8 cm³/mol. The summed E-state index contributed by atoms with van der Waals surface area (Å²) < 4.78 is 5.29. The van der Waals surface area contributed by atoms with Crippen LogP contribution in [0.1, 0.15) is 13.3 Å². The van der Waals surface area contributed by atoms with Gasteiger partial charge in [0.05, 0.1) is 6.10 Å². The predicted octanol–water partition coefficient (Wildman–Crippen LogP) is 0.792. The van der Waals surface area contributed by atoms with E-state index in [1.165, 1.54) is 0 Å². The van der Waals surface area contributed by atoms with Gasteiger partial charge in [0.2, 0.25) is 0 Å². The molecular formula is C6H14ClNO. The molecule has 1 saturated heterocycles. The topological polar surface area (TPSA) is 35.2 Å². The number of ether oxygens (including phenoxy) is 1. The van der Waals surface area contributed by atoms with Crippen LogP contribution in [0.15, 0.2) is 0 Å². The summed E-state index contributed by atoms with van der Waals surface area (Å²) in [6.07, 6.45) is 1.50. The van der Waals surface area contributed by atoms with E-state index in [0.717, 1.165) is 18.9 Å². The Bertz CT molecular complexity index is 79.5. The molecule has 1 aliphatic heterocycles. The quantitative estimate of drug-likeness (QED) is 0.602. The van der Waals surface area contributed by atoms with Crippen LogP contribution in [-0.4, -0.2) is 19.3 Å². The molecule has 0 bridgehead atoms. The molecule has 0 spiro atoms. The first-order chi connectivity index (χ1) is 3.83. The summed E-state index contributed by atoms with van der Waals surface area (Å²) in [6.45, 7) is 3.78. The number of rotatable bonds is 1. The minimum atomic E-state index is 0. The molecule has 1 fully saturated rings. The molecule has 9 heavy (non-hydrogen) atoms. The molecule has 0 aromatic heterocycles. The van der Waals surface area contributed by atoms with Crippen molar-refractivity contribution >= 4 is 12.4 Å². The summed E-state index contributed by atoms with van der Waals surface area (Å²) >= 11 is 0. The lowest BCUT2D eigenvalue weighted by Crippen LogP contribution is -2.18. The van der Waals surface area contributed by atoms with E-state index in [4.69, 9.17) is 10.5 Å². The normalized spacial score (nSPS) is 34.0. The number of nitrogens with two attached hydrogens (primary N) is 1. The van der Waals surface area contributed by atoms with Gasteiger partial charge in [0.25, 0.3) is 0 Å². The fourth-order valence-corrected chi connectivity index (χ4v) is 1.05. The molecule has 2 N–H and O–H groups in total. The highest BCUT2D eigenvalue weighted by Crippen LogP contribution is 2.16. The van der Waals surface area contributed by atoms with Crippen LogP contribution in [0.25, 0.3) is 0 Å². The van der Waals surface area contributed by atoms with Crippen molar-refractivity contribution in [2.75, 3.05) is 13.2 Å². The van der Waals surface area contributed by atoms with Crippen molar-refractivity contribution in [1.29, 1.82) is 0 Å². The van der Waals surface area contributed by atoms with Crippen molar-refractivity contribution < 1.29 is 4.74 Å². The molecule has 1 rings (SSSR count). The van der Waals surface area contributed by atoms with Crippen molar-refractivity contribution in [3.05, 3.63) is 0 Å². The van der Waals surface area contributed by atoms with Crippen LogP contribution >= 0.6 is 12.4 Å². The Morgan fingerprint density at radius 1 is 1.67 bits per heavy atom. The van der Waals surface area contributed by atoms with E-state index in [9.17, 15) is 0 Å². The van der Waals surface area contributed by atoms with Crippen LogP contribution in [-0.2, 0) is 4.74 Å². The number of halogens is 1. The van der Waals surface area contributed by atoms with Crippen LogP contribution < -0.4 is 5.73 Å². The maximum Gasteiger partial charge on any atom is 0.0700 e. The largest absolute Gasteiger partial charge is 0.377 e. The average molecular weight is 152 g/mol. The third kappa shape index (κ3) is 2.52. The molecule has 3 heteroatoms. The van der Waals surface area contributed by atoms with Gasteiger partial charge in [-0.2, -0.15) is 0 Å². The van der Waals surface area contributed by atoms with Gasteiger partial charge in [0, 0.05) is 13.2 Å². The van der Waals surface area contributed by atoms with E-state index in [2.05, 4.69) is 6.92 Å². The zero-order chi connectivity index (χ0) is 5.98. The lowest BCUT2D eigenvalue weighted by molar-refractivity contribution is 0.113. The Morgan fingerprint density at radius 3 is 2.56 bits per heavy atom. The van der Waals surface area contributed by atoms with Gasteiger partial charge in [-0.15, -0.1) is 12.4 Å². The van der Waals surface area contributed by atoms with Gasteiger partial charge in [0.15, 0.2) is 0 Å². The molecule has 0 saturated carbocycles. The summed E-state index contributed by atoms with van der Waals surface area (Å²) in [6, 6.07) is 0. The zero-order valence-electron chi connectivity index (χ0n) is 5.67. The standard InChI is InChI=1S/C6H13NO.ClH/c1-5-2-6(3-7)8-4-5;/h5-6H,2-4,7H2,1H3;1H. The second kappa shape index (κ2) is 4.09. The van der Waals surface area contributed by atoms with Crippen molar-refractivity contribution in [3.63, 3.8) is 0 Å². The smallest absolute Gasteiger partial charge is 0.0700 e. The van der Waals surface area contributed by atoms with Gasteiger partial charge < -0.3 is 10.5 Å². The number of hydrogen-bond acceptors (Lipinski definition) is 2. The van der Waals surface area contributed by atoms with Gasteiger partial charge in [-0.25, -0.2) is 0 Å². The van der Waals surface area contributed by atoms with Gasteiger partial charge in [0.1, 0.15) is 0 Å². The van der Waals surface area contributed by atoms with E-state index in [-0.39, 0.29) is 12.4 Å². The van der Waals surface area contributed by atoms with E-state index >= 15 is 0 Å². The summed E-state index contributed by atoms with van der Waals surface area (Å²) in [5.74, 6) is 0.726. The lowest BCUT2D eigenvalue weighted by atomic mass is 10.1. The zero-order valence-corrected chi connectivity index (χ0v) is 6.49. The first-order valence-corrected chi connectivity index (χ1v) is 3.14. The summed E-state index contributed by atoms with van der Waals surface area (Å²) in [5, 5.41) is 0. The van der Waals surface area contributed by atoms with E-state index in [0.29, 0.717) is 12.6 Å². The SMILES string of the molecule is CC1COC(CN)C1.Cl. The Hall–Kier alpha value is 0.210. The van der Waals surface area contributed by atoms with Crippen molar-refractivity contribution in [3.8, 4) is 0 Å². The third-order valence-corrected chi connectivity index (χ3v) is 1.54. The first-order valence-electron chi connectivity index (χ1n) is 3.14. The minimum absolute atomic E-state index is 0. The maximum absolute atomic E-state index is 5.37. The second-order valence-electron chi connectivity index (χ2n) is 2.53. The summed E-state index contributed by atoms with van der Waals surface area (Å²) in [4.78, 5) is 0. The van der Waals surface area contributed by atoms with Crippen molar-refractivity contribution in [2.45, 2.75) is 19.4 Å². The van der Waals surface area contributed by atoms with Crippen LogP contribution in [0.5, 0.6) is 0 Å². The monoisotopic (exact) mass is 151 g/mol. The van der Waals surface area contributed by atoms with Gasteiger partial charge >= 0.3 is 0 Å². The molecular weight excluding hydrogens is 138 g/mol. The fourth-order valence-electron chi connectivity index (χ4n) is 1.05. The molecule has 0 amide bonds. The van der Waals surface area contributed by atoms with Crippen molar-refractivity contribution in [1.82, 2.24) is 0 Å². The Labute approximate surface area is 62.2 Å². The molecule has 0 radical (unpaired) electrons. The van der Waals surface area contributed by atoms with Gasteiger partial charge in [-0.1, -0.05) is 6.92 Å². The van der Waals surface area contributed by atoms with Gasteiger partial charge in [-0.3, -0.25) is 0 Å². The van der Waals surface area contributed by atoms with Crippen molar-refractivity contribution in [2.24, 2.45) is 11.7 Å². The Balaban J connectivity index is 0.000000640.